The molecule has 25 heavy (non-hydrogen) atoms. The van der Waals surface area contributed by atoms with Crippen molar-refractivity contribution in [3.05, 3.63) is 39.0 Å². The van der Waals surface area contributed by atoms with E-state index in [0.717, 1.165) is 25.9 Å². The predicted octanol–water partition coefficient (Wildman–Crippen LogP) is 3.50. The van der Waals surface area contributed by atoms with Crippen molar-refractivity contribution in [1.29, 1.82) is 0 Å². The van der Waals surface area contributed by atoms with E-state index in [1.165, 1.54) is 11.8 Å². The van der Waals surface area contributed by atoms with Crippen molar-refractivity contribution in [1.82, 2.24) is 4.90 Å². The Labute approximate surface area is 162 Å². The number of hydrogen-bond donors (Lipinski definition) is 2. The highest BCUT2D eigenvalue weighted by atomic mass is 35.5. The maximum absolute atomic E-state index is 11.4. The molecule has 0 unspecified atom stereocenters. The van der Waals surface area contributed by atoms with E-state index in [1.807, 2.05) is 0 Å². The smallest absolute Gasteiger partial charge is 0.160 e. The van der Waals surface area contributed by atoms with Gasteiger partial charge in [0.25, 0.3) is 0 Å². The molecule has 1 aromatic carbocycles. The highest BCUT2D eigenvalue weighted by Gasteiger charge is 2.27. The molecule has 4 N–H and O–H groups in total. The zero-order valence-electron chi connectivity index (χ0n) is 14.0. The number of nitrogens with two attached hydrogens (primary N) is 2. The lowest BCUT2D eigenvalue weighted by atomic mass is 9.81. The highest BCUT2D eigenvalue weighted by Crippen LogP contribution is 2.34. The number of nitrogens with zero attached hydrogens (tertiary/aromatic N) is 2. The van der Waals surface area contributed by atoms with Crippen LogP contribution in [0.1, 0.15) is 19.8 Å². The second-order valence-electron chi connectivity index (χ2n) is 6.34. The first-order valence-corrected chi connectivity index (χ1v) is 9.50. The molecule has 8 heteroatoms. The maximum Gasteiger partial charge on any atom is 0.160 e. The fourth-order valence-corrected chi connectivity index (χ4v) is 3.66. The summed E-state index contributed by atoms with van der Waals surface area (Å²) >= 11 is 13.2. The molecule has 136 valence electrons. The topological polar surface area (TPSA) is 84.7 Å². The van der Waals surface area contributed by atoms with E-state index in [0.29, 0.717) is 32.7 Å². The second kappa shape index (κ2) is 8.94. The summed E-state index contributed by atoms with van der Waals surface area (Å²) in [7, 11) is 0. The predicted molar refractivity (Wildman–Crippen MR) is 106 cm³/mol. The SMILES string of the molecule is CC1(CN)CCN(/C=N/C(N)=C(\C=O)Sc2ccc(Cl)cc2Cl)CC1. The number of carbonyl (C=O) groups is 1. The van der Waals surface area contributed by atoms with E-state index in [9.17, 15) is 4.79 Å². The van der Waals surface area contributed by atoms with Gasteiger partial charge in [-0.25, -0.2) is 4.99 Å². The minimum Gasteiger partial charge on any atom is -0.383 e. The van der Waals surface area contributed by atoms with Gasteiger partial charge in [0.15, 0.2) is 6.29 Å². The van der Waals surface area contributed by atoms with Crippen molar-refractivity contribution in [2.45, 2.75) is 24.7 Å². The van der Waals surface area contributed by atoms with Crippen LogP contribution in [0.5, 0.6) is 0 Å². The number of allylic oxidation sites excluding steroid dienone is 1. The Balaban J connectivity index is 2.05. The number of thioether (sulfide) groups is 1. The first-order chi connectivity index (χ1) is 11.9. The zero-order valence-corrected chi connectivity index (χ0v) is 16.4. The van der Waals surface area contributed by atoms with Crippen LogP contribution >= 0.6 is 35.0 Å². The molecule has 5 nitrogen and oxygen atoms in total. The first-order valence-electron chi connectivity index (χ1n) is 7.93. The number of aldehydes is 1. The third kappa shape index (κ3) is 5.64. The van der Waals surface area contributed by atoms with Crippen LogP contribution in [0.4, 0.5) is 0 Å². The molecule has 0 saturated carbocycles. The van der Waals surface area contributed by atoms with E-state index < -0.39 is 0 Å². The Hall–Kier alpha value is -1.21. The lowest BCUT2D eigenvalue weighted by Gasteiger charge is -2.37. The third-order valence-electron chi connectivity index (χ3n) is 4.33. The van der Waals surface area contributed by atoms with Crippen molar-refractivity contribution in [3.63, 3.8) is 0 Å². The molecule has 1 aromatic rings. The summed E-state index contributed by atoms with van der Waals surface area (Å²) in [4.78, 5) is 18.7. The van der Waals surface area contributed by atoms with Gasteiger partial charge < -0.3 is 16.4 Å². The number of carbonyl (C=O) groups excluding carboxylic acids is 1. The summed E-state index contributed by atoms with van der Waals surface area (Å²) in [6.07, 6.45) is 4.40. The molecule has 0 atom stereocenters. The van der Waals surface area contributed by atoms with E-state index >= 15 is 0 Å². The van der Waals surface area contributed by atoms with Crippen molar-refractivity contribution < 1.29 is 4.79 Å². The summed E-state index contributed by atoms with van der Waals surface area (Å²) in [6, 6.07) is 5.07. The van der Waals surface area contributed by atoms with E-state index in [-0.39, 0.29) is 11.2 Å². The number of benzene rings is 1. The van der Waals surface area contributed by atoms with Crippen LogP contribution in [0.25, 0.3) is 0 Å². The van der Waals surface area contributed by atoms with E-state index in [1.54, 1.807) is 24.5 Å². The maximum atomic E-state index is 11.4. The number of aliphatic imine (C=N–C) groups is 1. The monoisotopic (exact) mass is 400 g/mol. The van der Waals surface area contributed by atoms with Crippen LogP contribution in [-0.2, 0) is 4.79 Å². The number of halogens is 2. The number of piperidine rings is 1. The fourth-order valence-electron chi connectivity index (χ4n) is 2.40. The standard InChI is InChI=1S/C17H22Cl2N4OS/c1-17(10-20)4-6-23(7-5-17)11-22-16(21)15(9-24)25-14-3-2-12(18)8-13(14)19/h2-3,8-9,11H,4-7,10,20-21H2,1H3/b16-15+,22-11+. The molecule has 1 aliphatic rings. The third-order valence-corrected chi connectivity index (χ3v) is 6.09. The molecule has 0 aliphatic carbocycles. The van der Waals surface area contributed by atoms with Gasteiger partial charge in [0.2, 0.25) is 0 Å². The molecule has 2 rings (SSSR count). The molecule has 0 amide bonds. The van der Waals surface area contributed by atoms with Crippen LogP contribution < -0.4 is 11.5 Å². The summed E-state index contributed by atoms with van der Waals surface area (Å²) in [5.41, 5.74) is 12.0. The van der Waals surface area contributed by atoms with Crippen molar-refractivity contribution in [2.24, 2.45) is 21.9 Å². The molecule has 1 aliphatic heterocycles. The van der Waals surface area contributed by atoms with Crippen LogP contribution in [-0.4, -0.2) is 37.2 Å². The van der Waals surface area contributed by atoms with Crippen molar-refractivity contribution in [3.8, 4) is 0 Å². The number of likely N-dealkylation sites (tertiary alicyclic amines) is 1. The molecule has 0 radical (unpaired) electrons. The minimum absolute atomic E-state index is 0.165. The van der Waals surface area contributed by atoms with E-state index in [2.05, 4.69) is 16.8 Å². The first kappa shape index (κ1) is 20.1. The van der Waals surface area contributed by atoms with Crippen LogP contribution in [0.15, 0.2) is 38.8 Å². The van der Waals surface area contributed by atoms with Crippen LogP contribution in [0, 0.1) is 5.41 Å². The van der Waals surface area contributed by atoms with Gasteiger partial charge in [0.05, 0.1) is 16.3 Å². The molecular formula is C17H22Cl2N4OS. The number of rotatable bonds is 6. The Kier molecular flexibility index (Phi) is 7.19. The average molecular weight is 401 g/mol. The summed E-state index contributed by atoms with van der Waals surface area (Å²) < 4.78 is 0. The van der Waals surface area contributed by atoms with Crippen molar-refractivity contribution in [2.75, 3.05) is 19.6 Å². The molecule has 1 fully saturated rings. The Bertz CT molecular complexity index is 685. The van der Waals surface area contributed by atoms with Gasteiger partial charge in [-0.15, -0.1) is 0 Å². The normalized spacial score (nSPS) is 18.3. The largest absolute Gasteiger partial charge is 0.383 e. The molecule has 0 spiro atoms. The summed E-state index contributed by atoms with van der Waals surface area (Å²) in [6.45, 7) is 4.63. The summed E-state index contributed by atoms with van der Waals surface area (Å²) in [5, 5.41) is 0.997. The molecular weight excluding hydrogens is 379 g/mol. The average Bonchev–Trinajstić information content (AvgIpc) is 2.60. The highest BCUT2D eigenvalue weighted by molar-refractivity contribution is 8.04. The molecule has 1 saturated heterocycles. The number of hydrogen-bond acceptors (Lipinski definition) is 5. The van der Waals surface area contributed by atoms with Gasteiger partial charge in [-0.3, -0.25) is 4.79 Å². The van der Waals surface area contributed by atoms with Crippen LogP contribution in [0.3, 0.4) is 0 Å². The second-order valence-corrected chi connectivity index (χ2v) is 8.27. The molecule has 0 aromatic heterocycles. The Morgan fingerprint density at radius 3 is 2.64 bits per heavy atom. The zero-order chi connectivity index (χ0) is 18.4. The minimum atomic E-state index is 0.165. The lowest BCUT2D eigenvalue weighted by molar-refractivity contribution is -0.104. The van der Waals surface area contributed by atoms with E-state index in [4.69, 9.17) is 34.7 Å². The lowest BCUT2D eigenvalue weighted by Crippen LogP contribution is -2.41. The van der Waals surface area contributed by atoms with Crippen molar-refractivity contribution >= 4 is 47.6 Å². The van der Waals surface area contributed by atoms with Gasteiger partial charge >= 0.3 is 0 Å². The molecule has 0 bridgehead atoms. The van der Waals surface area contributed by atoms with Gasteiger partial charge in [-0.05, 0) is 43.0 Å². The van der Waals surface area contributed by atoms with Gasteiger partial charge in [-0.1, -0.05) is 41.9 Å². The quantitative estimate of drug-likeness (QED) is 0.251. The van der Waals surface area contributed by atoms with Crippen LogP contribution in [0.2, 0.25) is 10.0 Å². The molecule has 1 heterocycles. The Morgan fingerprint density at radius 2 is 2.08 bits per heavy atom. The van der Waals surface area contributed by atoms with Gasteiger partial charge in [0.1, 0.15) is 5.82 Å². The fraction of sp³-hybridized carbons (Fsp3) is 0.412. The summed E-state index contributed by atoms with van der Waals surface area (Å²) in [5.74, 6) is 0.165. The van der Waals surface area contributed by atoms with Gasteiger partial charge in [-0.2, -0.15) is 0 Å². The van der Waals surface area contributed by atoms with Gasteiger partial charge in [0, 0.05) is 23.0 Å². The Morgan fingerprint density at radius 1 is 1.40 bits per heavy atom.